The van der Waals surface area contributed by atoms with Crippen LogP contribution in [0.5, 0.6) is 0 Å². The highest BCUT2D eigenvalue weighted by Crippen LogP contribution is 2.20. The Balaban J connectivity index is 2.96. The van der Waals surface area contributed by atoms with Crippen molar-refractivity contribution in [1.29, 1.82) is 0 Å². The van der Waals surface area contributed by atoms with E-state index in [0.717, 1.165) is 25.8 Å². The molecule has 0 fully saturated rings. The summed E-state index contributed by atoms with van der Waals surface area (Å²) in [6.07, 6.45) is 4.94. The van der Waals surface area contributed by atoms with E-state index < -0.39 is 5.97 Å². The van der Waals surface area contributed by atoms with Crippen LogP contribution in [-0.4, -0.2) is 34.6 Å². The predicted molar refractivity (Wildman–Crippen MR) is 75.9 cm³/mol. The lowest BCUT2D eigenvalue weighted by atomic mass is 10.2. The van der Waals surface area contributed by atoms with Crippen molar-refractivity contribution in [2.75, 3.05) is 18.5 Å². The average Bonchev–Trinajstić information content (AvgIpc) is 2.38. The van der Waals surface area contributed by atoms with Gasteiger partial charge in [-0.15, -0.1) is 0 Å². The smallest absolute Gasteiger partial charge is 0.356 e. The number of aromatic carboxylic acids is 1. The minimum atomic E-state index is -0.998. The minimum Gasteiger partial charge on any atom is -0.476 e. The van der Waals surface area contributed by atoms with Crippen LogP contribution in [-0.2, 0) is 0 Å². The number of rotatable bonds is 7. The second-order valence-corrected chi connectivity index (χ2v) is 5.05. The lowest BCUT2D eigenvalue weighted by Gasteiger charge is -2.20. The quantitative estimate of drug-likeness (QED) is 0.768. The SMILES string of the molecule is CCCCCN(C)c1cnc(C(C)C)nc1C(=O)O. The zero-order valence-electron chi connectivity index (χ0n) is 12.2. The van der Waals surface area contributed by atoms with Crippen molar-refractivity contribution in [2.45, 2.75) is 46.0 Å². The van der Waals surface area contributed by atoms with Crippen LogP contribution in [0.15, 0.2) is 6.20 Å². The maximum absolute atomic E-state index is 11.3. The molecular weight excluding hydrogens is 242 g/mol. The fourth-order valence-corrected chi connectivity index (χ4v) is 1.82. The van der Waals surface area contributed by atoms with Gasteiger partial charge in [-0.05, 0) is 6.42 Å². The molecule has 0 aliphatic heterocycles. The molecule has 0 aliphatic rings. The zero-order chi connectivity index (χ0) is 14.4. The van der Waals surface area contributed by atoms with Gasteiger partial charge in [-0.3, -0.25) is 0 Å². The number of carboxylic acids is 1. The van der Waals surface area contributed by atoms with E-state index in [4.69, 9.17) is 0 Å². The number of hydrogen-bond donors (Lipinski definition) is 1. The van der Waals surface area contributed by atoms with E-state index in [1.54, 1.807) is 6.20 Å². The van der Waals surface area contributed by atoms with Crippen LogP contribution in [0.2, 0.25) is 0 Å². The number of carbonyl (C=O) groups is 1. The molecule has 5 nitrogen and oxygen atoms in total. The largest absolute Gasteiger partial charge is 0.476 e. The summed E-state index contributed by atoms with van der Waals surface area (Å²) in [4.78, 5) is 21.7. The van der Waals surface area contributed by atoms with Gasteiger partial charge in [0.25, 0.3) is 0 Å². The van der Waals surface area contributed by atoms with Crippen molar-refractivity contribution in [3.63, 3.8) is 0 Å². The van der Waals surface area contributed by atoms with Gasteiger partial charge in [-0.1, -0.05) is 33.6 Å². The lowest BCUT2D eigenvalue weighted by Crippen LogP contribution is -2.23. The fourth-order valence-electron chi connectivity index (χ4n) is 1.82. The first-order valence-electron chi connectivity index (χ1n) is 6.78. The molecule has 0 amide bonds. The van der Waals surface area contributed by atoms with E-state index in [-0.39, 0.29) is 11.6 Å². The van der Waals surface area contributed by atoms with Crippen LogP contribution in [0, 0.1) is 0 Å². The zero-order valence-corrected chi connectivity index (χ0v) is 12.2. The van der Waals surface area contributed by atoms with Crippen LogP contribution in [0.4, 0.5) is 5.69 Å². The van der Waals surface area contributed by atoms with Gasteiger partial charge in [-0.2, -0.15) is 0 Å². The topological polar surface area (TPSA) is 66.3 Å². The summed E-state index contributed by atoms with van der Waals surface area (Å²) in [6.45, 7) is 6.86. The molecule has 0 radical (unpaired) electrons. The summed E-state index contributed by atoms with van der Waals surface area (Å²) >= 11 is 0. The molecule has 0 aliphatic carbocycles. The molecule has 1 rings (SSSR count). The number of nitrogens with zero attached hydrogens (tertiary/aromatic N) is 3. The van der Waals surface area contributed by atoms with Gasteiger partial charge in [0.1, 0.15) is 5.82 Å². The second kappa shape index (κ2) is 7.07. The molecule has 0 unspecified atom stereocenters. The summed E-state index contributed by atoms with van der Waals surface area (Å²) in [5.41, 5.74) is 0.686. The van der Waals surface area contributed by atoms with Crippen molar-refractivity contribution >= 4 is 11.7 Å². The van der Waals surface area contributed by atoms with Gasteiger partial charge in [0, 0.05) is 19.5 Å². The first-order chi connectivity index (χ1) is 8.97. The summed E-state index contributed by atoms with van der Waals surface area (Å²) in [5, 5.41) is 9.28. The van der Waals surface area contributed by atoms with E-state index in [1.807, 2.05) is 25.8 Å². The number of unbranched alkanes of at least 4 members (excludes halogenated alkanes) is 2. The molecule has 0 saturated carbocycles. The van der Waals surface area contributed by atoms with Gasteiger partial charge in [-0.25, -0.2) is 14.8 Å². The number of hydrogen-bond acceptors (Lipinski definition) is 4. The van der Waals surface area contributed by atoms with Gasteiger partial charge >= 0.3 is 5.97 Å². The molecule has 1 N–H and O–H groups in total. The van der Waals surface area contributed by atoms with Crippen molar-refractivity contribution in [2.24, 2.45) is 0 Å². The van der Waals surface area contributed by atoms with Crippen molar-refractivity contribution < 1.29 is 9.90 Å². The summed E-state index contributed by atoms with van der Waals surface area (Å²) < 4.78 is 0. The molecule has 1 aromatic heterocycles. The van der Waals surface area contributed by atoms with E-state index >= 15 is 0 Å². The Kier molecular flexibility index (Phi) is 5.73. The van der Waals surface area contributed by atoms with Gasteiger partial charge in [0.2, 0.25) is 0 Å². The molecule has 5 heteroatoms. The Bertz CT molecular complexity index is 433. The molecule has 19 heavy (non-hydrogen) atoms. The Morgan fingerprint density at radius 3 is 2.63 bits per heavy atom. The standard InChI is InChI=1S/C14H23N3O2/c1-5-6-7-8-17(4)11-9-15-13(10(2)3)16-12(11)14(18)19/h9-10H,5-8H2,1-4H3,(H,18,19). The molecule has 1 aromatic rings. The number of anilines is 1. The van der Waals surface area contributed by atoms with E-state index in [9.17, 15) is 9.90 Å². The predicted octanol–water partition coefficient (Wildman–Crippen LogP) is 2.92. The maximum Gasteiger partial charge on any atom is 0.356 e. The third kappa shape index (κ3) is 4.19. The van der Waals surface area contributed by atoms with Crippen molar-refractivity contribution in [3.8, 4) is 0 Å². The van der Waals surface area contributed by atoms with Gasteiger partial charge in [0.15, 0.2) is 5.69 Å². The number of aromatic nitrogens is 2. The van der Waals surface area contributed by atoms with E-state index in [2.05, 4.69) is 16.9 Å². The highest BCUT2D eigenvalue weighted by molar-refractivity contribution is 5.91. The van der Waals surface area contributed by atoms with Crippen LogP contribution in [0.3, 0.4) is 0 Å². The molecule has 1 heterocycles. The molecule has 0 bridgehead atoms. The van der Waals surface area contributed by atoms with E-state index in [0.29, 0.717) is 11.5 Å². The summed E-state index contributed by atoms with van der Waals surface area (Å²) in [5.74, 6) is -0.303. The van der Waals surface area contributed by atoms with Gasteiger partial charge < -0.3 is 10.0 Å². The third-order valence-corrected chi connectivity index (χ3v) is 3.02. The van der Waals surface area contributed by atoms with E-state index in [1.165, 1.54) is 0 Å². The van der Waals surface area contributed by atoms with Crippen LogP contribution in [0.25, 0.3) is 0 Å². The Morgan fingerprint density at radius 1 is 1.42 bits per heavy atom. The van der Waals surface area contributed by atoms with Crippen LogP contribution < -0.4 is 4.90 Å². The Morgan fingerprint density at radius 2 is 2.11 bits per heavy atom. The summed E-state index contributed by atoms with van der Waals surface area (Å²) in [6, 6.07) is 0. The monoisotopic (exact) mass is 265 g/mol. The molecule has 0 aromatic carbocycles. The van der Waals surface area contributed by atoms with Crippen molar-refractivity contribution in [3.05, 3.63) is 17.7 Å². The van der Waals surface area contributed by atoms with Gasteiger partial charge in [0.05, 0.1) is 11.9 Å². The molecule has 0 atom stereocenters. The molecule has 0 spiro atoms. The first kappa shape index (κ1) is 15.4. The molecule has 0 saturated heterocycles. The second-order valence-electron chi connectivity index (χ2n) is 5.05. The highest BCUT2D eigenvalue weighted by atomic mass is 16.4. The molecular formula is C14H23N3O2. The third-order valence-electron chi connectivity index (χ3n) is 3.02. The number of carboxylic acid groups (broad SMARTS) is 1. The van der Waals surface area contributed by atoms with Crippen LogP contribution in [0.1, 0.15) is 62.3 Å². The Labute approximate surface area is 114 Å². The maximum atomic E-state index is 11.3. The van der Waals surface area contributed by atoms with Crippen LogP contribution >= 0.6 is 0 Å². The normalized spacial score (nSPS) is 10.8. The summed E-state index contributed by atoms with van der Waals surface area (Å²) in [7, 11) is 1.88. The lowest BCUT2D eigenvalue weighted by molar-refractivity contribution is 0.0690. The average molecular weight is 265 g/mol. The Hall–Kier alpha value is -1.65. The first-order valence-corrected chi connectivity index (χ1v) is 6.78. The highest BCUT2D eigenvalue weighted by Gasteiger charge is 2.18. The fraction of sp³-hybridized carbons (Fsp3) is 0.643. The molecule has 106 valence electrons. The minimum absolute atomic E-state index is 0.0951. The van der Waals surface area contributed by atoms with Crippen molar-refractivity contribution in [1.82, 2.24) is 9.97 Å².